The van der Waals surface area contributed by atoms with Crippen molar-refractivity contribution in [2.45, 2.75) is 6.92 Å². The molecule has 1 amide bonds. The number of imidazole rings is 1. The van der Waals surface area contributed by atoms with Crippen molar-refractivity contribution in [1.29, 1.82) is 0 Å². The zero-order chi connectivity index (χ0) is 16.7. The number of H-pyrrole nitrogens is 1. The van der Waals surface area contributed by atoms with Crippen LogP contribution in [-0.2, 0) is 26.2 Å². The lowest BCUT2D eigenvalue weighted by atomic mass is 10.2. The van der Waals surface area contributed by atoms with Crippen molar-refractivity contribution >= 4 is 23.5 Å². The molecule has 0 aliphatic heterocycles. The third-order valence-electron chi connectivity index (χ3n) is 2.66. The second-order valence-corrected chi connectivity index (χ2v) is 4.30. The number of ether oxygens (including phenoxy) is 1. The van der Waals surface area contributed by atoms with E-state index in [1.807, 2.05) is 0 Å². The van der Waals surface area contributed by atoms with Gasteiger partial charge in [-0.15, -0.1) is 0 Å². The predicted octanol–water partition coefficient (Wildman–Crippen LogP) is 0.0657. The average Bonchev–Trinajstić information content (AvgIpc) is 3.16. The highest BCUT2D eigenvalue weighted by Gasteiger charge is 2.18. The van der Waals surface area contributed by atoms with Crippen LogP contribution in [0.5, 0.6) is 0 Å². The van der Waals surface area contributed by atoms with Gasteiger partial charge in [-0.25, -0.2) is 9.78 Å². The number of amides is 1. The van der Waals surface area contributed by atoms with Crippen molar-refractivity contribution in [3.63, 3.8) is 0 Å². The minimum absolute atomic E-state index is 0.0743. The maximum Gasteiger partial charge on any atom is 0.347 e. The van der Waals surface area contributed by atoms with Crippen LogP contribution in [0.25, 0.3) is 0 Å². The first-order valence-electron chi connectivity index (χ1n) is 6.75. The fourth-order valence-electron chi connectivity index (χ4n) is 1.60. The average molecular weight is 320 g/mol. The molecule has 0 fully saturated rings. The minimum atomic E-state index is -0.579. The number of oxime groups is 1. The molecule has 2 heterocycles. The van der Waals surface area contributed by atoms with Gasteiger partial charge >= 0.3 is 5.97 Å². The summed E-state index contributed by atoms with van der Waals surface area (Å²) in [6, 6.07) is 1.55. The Morgan fingerprint density at radius 1 is 1.43 bits per heavy atom. The summed E-state index contributed by atoms with van der Waals surface area (Å²) >= 11 is 0. The number of carbonyl (C=O) groups is 2. The molecule has 0 radical (unpaired) electrons. The van der Waals surface area contributed by atoms with Crippen LogP contribution in [0.2, 0.25) is 0 Å². The molecule has 23 heavy (non-hydrogen) atoms. The topological polar surface area (TPSA) is 123 Å². The number of nitrogens with zero attached hydrogens (tertiary/aromatic N) is 4. The second kappa shape index (κ2) is 7.73. The summed E-state index contributed by atoms with van der Waals surface area (Å²) in [4.78, 5) is 32.4. The van der Waals surface area contributed by atoms with Crippen molar-refractivity contribution in [3.8, 4) is 0 Å². The first-order chi connectivity index (χ1) is 11.1. The highest BCUT2D eigenvalue weighted by molar-refractivity contribution is 6.48. The summed E-state index contributed by atoms with van der Waals surface area (Å²) in [6.07, 6.45) is 4.68. The van der Waals surface area contributed by atoms with E-state index < -0.39 is 18.5 Å². The number of aromatic amines is 1. The monoisotopic (exact) mass is 320 g/mol. The van der Waals surface area contributed by atoms with Crippen LogP contribution < -0.4 is 5.32 Å². The molecule has 2 N–H and O–H groups in total. The van der Waals surface area contributed by atoms with E-state index in [9.17, 15) is 9.59 Å². The van der Waals surface area contributed by atoms with E-state index in [4.69, 9.17) is 9.57 Å². The Hall–Kier alpha value is -3.17. The minimum Gasteiger partial charge on any atom is -0.463 e. The van der Waals surface area contributed by atoms with E-state index in [0.29, 0.717) is 11.6 Å². The van der Waals surface area contributed by atoms with Gasteiger partial charge in [0.05, 0.1) is 12.3 Å². The SMILES string of the molecule is CCOC(=O)CON=C(C(=O)Nc1nccn1C)c1ccn[nH]1. The molecule has 2 aromatic heterocycles. The summed E-state index contributed by atoms with van der Waals surface area (Å²) in [5, 5.41) is 12.6. The van der Waals surface area contributed by atoms with Gasteiger partial charge < -0.3 is 14.1 Å². The third kappa shape index (κ3) is 4.40. The van der Waals surface area contributed by atoms with Gasteiger partial charge in [-0.3, -0.25) is 15.2 Å². The maximum atomic E-state index is 12.3. The molecule has 0 aromatic carbocycles. The predicted molar refractivity (Wildman–Crippen MR) is 79.5 cm³/mol. The van der Waals surface area contributed by atoms with Gasteiger partial charge in [0, 0.05) is 25.6 Å². The van der Waals surface area contributed by atoms with Crippen LogP contribution in [0.1, 0.15) is 12.6 Å². The van der Waals surface area contributed by atoms with E-state index in [0.717, 1.165) is 0 Å². The molecule has 0 saturated carbocycles. The van der Waals surface area contributed by atoms with Gasteiger partial charge in [0.2, 0.25) is 12.6 Å². The molecule has 10 nitrogen and oxygen atoms in total. The fourth-order valence-corrected chi connectivity index (χ4v) is 1.60. The molecule has 2 rings (SSSR count). The number of anilines is 1. The third-order valence-corrected chi connectivity index (χ3v) is 2.66. The first kappa shape index (κ1) is 16.2. The summed E-state index contributed by atoms with van der Waals surface area (Å²) in [6.45, 7) is 1.51. The molecule has 0 saturated heterocycles. The largest absolute Gasteiger partial charge is 0.463 e. The van der Waals surface area contributed by atoms with Crippen molar-refractivity contribution in [3.05, 3.63) is 30.4 Å². The van der Waals surface area contributed by atoms with Crippen LogP contribution >= 0.6 is 0 Å². The molecule has 0 unspecified atom stereocenters. The zero-order valence-corrected chi connectivity index (χ0v) is 12.6. The van der Waals surface area contributed by atoms with Crippen LogP contribution in [0.15, 0.2) is 29.8 Å². The molecular formula is C13H16N6O4. The van der Waals surface area contributed by atoms with Crippen molar-refractivity contribution in [2.24, 2.45) is 12.2 Å². The number of aryl methyl sites for hydroxylation is 1. The Labute approximate surface area is 131 Å². The molecule has 2 aromatic rings. The van der Waals surface area contributed by atoms with Gasteiger partial charge in [-0.2, -0.15) is 5.10 Å². The van der Waals surface area contributed by atoms with Crippen molar-refractivity contribution in [2.75, 3.05) is 18.5 Å². The van der Waals surface area contributed by atoms with Crippen molar-refractivity contribution < 1.29 is 19.2 Å². The van der Waals surface area contributed by atoms with Crippen LogP contribution in [0.3, 0.4) is 0 Å². The van der Waals surface area contributed by atoms with E-state index in [-0.39, 0.29) is 12.3 Å². The molecule has 122 valence electrons. The van der Waals surface area contributed by atoms with Crippen LogP contribution in [-0.4, -0.2) is 50.6 Å². The van der Waals surface area contributed by atoms with E-state index in [1.54, 1.807) is 37.0 Å². The Balaban J connectivity index is 2.10. The van der Waals surface area contributed by atoms with Crippen LogP contribution in [0.4, 0.5) is 5.95 Å². The highest BCUT2D eigenvalue weighted by Crippen LogP contribution is 2.04. The van der Waals surface area contributed by atoms with Gasteiger partial charge in [0.25, 0.3) is 5.91 Å². The lowest BCUT2D eigenvalue weighted by molar-refractivity contribution is -0.148. The zero-order valence-electron chi connectivity index (χ0n) is 12.6. The molecule has 0 spiro atoms. The number of nitrogens with one attached hydrogen (secondary N) is 2. The molecule has 0 aliphatic carbocycles. The summed E-state index contributed by atoms with van der Waals surface area (Å²) in [7, 11) is 1.73. The molecule has 0 bridgehead atoms. The Morgan fingerprint density at radius 3 is 2.87 bits per heavy atom. The maximum absolute atomic E-state index is 12.3. The van der Waals surface area contributed by atoms with Gasteiger partial charge in [-0.1, -0.05) is 5.16 Å². The van der Waals surface area contributed by atoms with E-state index >= 15 is 0 Å². The Kier molecular flexibility index (Phi) is 5.45. The molecule has 10 heteroatoms. The van der Waals surface area contributed by atoms with Crippen molar-refractivity contribution in [1.82, 2.24) is 19.7 Å². The number of hydrogen-bond donors (Lipinski definition) is 2. The fraction of sp³-hybridized carbons (Fsp3) is 0.308. The summed E-state index contributed by atoms with van der Waals surface area (Å²) in [5.41, 5.74) is 0.260. The lowest BCUT2D eigenvalue weighted by Crippen LogP contribution is -2.26. The normalized spacial score (nSPS) is 11.1. The van der Waals surface area contributed by atoms with Gasteiger partial charge in [-0.05, 0) is 13.0 Å². The second-order valence-electron chi connectivity index (χ2n) is 4.30. The first-order valence-corrected chi connectivity index (χ1v) is 6.75. The smallest absolute Gasteiger partial charge is 0.347 e. The van der Waals surface area contributed by atoms with E-state index in [2.05, 4.69) is 25.7 Å². The number of esters is 1. The molecular weight excluding hydrogens is 304 g/mol. The van der Waals surface area contributed by atoms with Gasteiger partial charge in [0.1, 0.15) is 0 Å². The number of rotatable bonds is 7. The lowest BCUT2D eigenvalue weighted by Gasteiger charge is -2.06. The Bertz CT molecular complexity index is 691. The summed E-state index contributed by atoms with van der Waals surface area (Å²) in [5.74, 6) is -0.801. The van der Waals surface area contributed by atoms with Crippen LogP contribution in [0, 0.1) is 0 Å². The molecule has 0 atom stereocenters. The summed E-state index contributed by atoms with van der Waals surface area (Å²) < 4.78 is 6.34. The highest BCUT2D eigenvalue weighted by atomic mass is 16.7. The van der Waals surface area contributed by atoms with Gasteiger partial charge in [0.15, 0.2) is 5.71 Å². The molecule has 0 aliphatic rings. The Morgan fingerprint density at radius 2 is 2.26 bits per heavy atom. The standard InChI is InChI=1S/C13H16N6O4/c1-3-22-10(20)8-23-18-11(9-4-5-15-17-9)12(21)16-13-14-6-7-19(13)2/h4-7H,3,8H2,1-2H3,(H,15,17)(H,14,16,21). The quantitative estimate of drug-likeness (QED) is 0.422. The number of hydrogen-bond acceptors (Lipinski definition) is 7. The van der Waals surface area contributed by atoms with E-state index in [1.165, 1.54) is 6.20 Å². The number of aromatic nitrogens is 4. The number of carbonyl (C=O) groups excluding carboxylic acids is 2.